The number of carbonyl (C=O) groups is 1. The smallest absolute Gasteiger partial charge is 0.263 e. The van der Waals surface area contributed by atoms with Gasteiger partial charge in [0.05, 0.1) is 11.4 Å². The minimum atomic E-state index is -0.0940. The van der Waals surface area contributed by atoms with Gasteiger partial charge in [-0.05, 0) is 44.5 Å². The quantitative estimate of drug-likeness (QED) is 0.585. The van der Waals surface area contributed by atoms with Crippen LogP contribution < -0.4 is 5.32 Å². The molecule has 0 aliphatic heterocycles. The Balaban J connectivity index is 1.60. The predicted octanol–water partition coefficient (Wildman–Crippen LogP) is 3.66. The summed E-state index contributed by atoms with van der Waals surface area (Å²) in [6, 6.07) is 7.77. The molecule has 0 spiro atoms. The summed E-state index contributed by atoms with van der Waals surface area (Å²) in [6.07, 6.45) is 6.32. The summed E-state index contributed by atoms with van der Waals surface area (Å²) in [5, 5.41) is 7.94. The molecule has 0 saturated heterocycles. The van der Waals surface area contributed by atoms with Crippen LogP contribution in [0.4, 0.5) is 0 Å². The summed E-state index contributed by atoms with van der Waals surface area (Å²) in [5.74, 6) is 0.708. The highest BCUT2D eigenvalue weighted by Gasteiger charge is 2.20. The molecule has 0 atom stereocenters. The molecule has 4 aromatic heterocycles. The Kier molecular flexibility index (Phi) is 4.30. The van der Waals surface area contributed by atoms with Crippen molar-refractivity contribution in [3.8, 4) is 5.69 Å². The number of amides is 1. The third-order valence-electron chi connectivity index (χ3n) is 4.35. The molecule has 4 rings (SSSR count). The fraction of sp³-hybridized carbons (Fsp3) is 0.211. The van der Waals surface area contributed by atoms with Gasteiger partial charge in [0.2, 0.25) is 0 Å². The maximum atomic E-state index is 12.8. The highest BCUT2D eigenvalue weighted by atomic mass is 32.1. The molecule has 0 aliphatic rings. The third-order valence-corrected chi connectivity index (χ3v) is 5.45. The molecule has 1 amide bonds. The average molecular weight is 366 g/mol. The van der Waals surface area contributed by atoms with Gasteiger partial charge < -0.3 is 14.4 Å². The van der Waals surface area contributed by atoms with E-state index in [4.69, 9.17) is 4.52 Å². The molecule has 0 aliphatic carbocycles. The number of carbonyl (C=O) groups excluding carboxylic acids is 1. The molecular formula is C19H18N4O2S. The number of thiophene rings is 1. The van der Waals surface area contributed by atoms with Crippen molar-refractivity contribution in [1.29, 1.82) is 0 Å². The zero-order chi connectivity index (χ0) is 18.1. The van der Waals surface area contributed by atoms with Gasteiger partial charge in [0.25, 0.3) is 5.91 Å². The van der Waals surface area contributed by atoms with Crippen molar-refractivity contribution in [2.75, 3.05) is 6.54 Å². The SMILES string of the molecule is Cc1noc(C)c1CCNC(=O)c1sc2ncccc2c1-n1cccc1. The summed E-state index contributed by atoms with van der Waals surface area (Å²) < 4.78 is 7.14. The zero-order valence-corrected chi connectivity index (χ0v) is 15.3. The minimum Gasteiger partial charge on any atom is -0.361 e. The van der Waals surface area contributed by atoms with Crippen LogP contribution in [0.1, 0.15) is 26.7 Å². The predicted molar refractivity (Wildman–Crippen MR) is 101 cm³/mol. The van der Waals surface area contributed by atoms with E-state index in [-0.39, 0.29) is 5.91 Å². The molecular weight excluding hydrogens is 348 g/mol. The monoisotopic (exact) mass is 366 g/mol. The van der Waals surface area contributed by atoms with Crippen LogP contribution in [0.2, 0.25) is 0 Å². The fourth-order valence-electron chi connectivity index (χ4n) is 3.05. The number of pyridine rings is 1. The normalized spacial score (nSPS) is 11.2. The number of hydrogen-bond donors (Lipinski definition) is 1. The van der Waals surface area contributed by atoms with Crippen LogP contribution in [0.5, 0.6) is 0 Å². The highest BCUT2D eigenvalue weighted by molar-refractivity contribution is 7.21. The van der Waals surface area contributed by atoms with Crippen molar-refractivity contribution in [2.45, 2.75) is 20.3 Å². The van der Waals surface area contributed by atoms with Crippen LogP contribution in [-0.2, 0) is 6.42 Å². The Labute approximate surface area is 154 Å². The first-order chi connectivity index (χ1) is 12.6. The van der Waals surface area contributed by atoms with E-state index in [1.54, 1.807) is 6.20 Å². The average Bonchev–Trinajstić information content (AvgIpc) is 3.35. The Morgan fingerprint density at radius 2 is 2.08 bits per heavy atom. The Morgan fingerprint density at radius 3 is 2.81 bits per heavy atom. The highest BCUT2D eigenvalue weighted by Crippen LogP contribution is 2.33. The van der Waals surface area contributed by atoms with Crippen molar-refractivity contribution in [3.05, 3.63) is 64.8 Å². The Morgan fingerprint density at radius 1 is 1.27 bits per heavy atom. The second-order valence-corrected chi connectivity index (χ2v) is 7.03. The third kappa shape index (κ3) is 2.90. The lowest BCUT2D eigenvalue weighted by atomic mass is 10.1. The molecule has 4 heterocycles. The van der Waals surface area contributed by atoms with E-state index >= 15 is 0 Å². The van der Waals surface area contributed by atoms with Crippen LogP contribution >= 0.6 is 11.3 Å². The summed E-state index contributed by atoms with van der Waals surface area (Å²) >= 11 is 1.41. The maximum Gasteiger partial charge on any atom is 0.263 e. The van der Waals surface area contributed by atoms with E-state index in [0.29, 0.717) is 17.8 Å². The lowest BCUT2D eigenvalue weighted by Gasteiger charge is -2.07. The van der Waals surface area contributed by atoms with E-state index in [9.17, 15) is 4.79 Å². The molecule has 6 nitrogen and oxygen atoms in total. The number of aromatic nitrogens is 3. The number of nitrogens with one attached hydrogen (secondary N) is 1. The summed E-state index contributed by atoms with van der Waals surface area (Å²) in [7, 11) is 0. The van der Waals surface area contributed by atoms with Crippen LogP contribution in [0.15, 0.2) is 47.4 Å². The van der Waals surface area contributed by atoms with Gasteiger partial charge in [-0.1, -0.05) is 5.16 Å². The van der Waals surface area contributed by atoms with Crippen molar-refractivity contribution >= 4 is 27.5 Å². The van der Waals surface area contributed by atoms with E-state index in [2.05, 4.69) is 15.5 Å². The maximum absolute atomic E-state index is 12.8. The first-order valence-corrected chi connectivity index (χ1v) is 9.17. The van der Waals surface area contributed by atoms with E-state index in [0.717, 1.165) is 32.9 Å². The van der Waals surface area contributed by atoms with Gasteiger partial charge >= 0.3 is 0 Å². The van der Waals surface area contributed by atoms with Gasteiger partial charge in [0.15, 0.2) is 0 Å². The lowest BCUT2D eigenvalue weighted by Crippen LogP contribution is -2.26. The van der Waals surface area contributed by atoms with Crippen LogP contribution in [-0.4, -0.2) is 27.2 Å². The molecule has 0 saturated carbocycles. The zero-order valence-electron chi connectivity index (χ0n) is 14.5. The molecule has 0 radical (unpaired) electrons. The van der Waals surface area contributed by atoms with Crippen molar-refractivity contribution in [2.24, 2.45) is 0 Å². The largest absolute Gasteiger partial charge is 0.361 e. The topological polar surface area (TPSA) is 73.0 Å². The molecule has 4 aromatic rings. The molecule has 0 unspecified atom stereocenters. The van der Waals surface area contributed by atoms with Crippen molar-refractivity contribution < 1.29 is 9.32 Å². The van der Waals surface area contributed by atoms with Crippen LogP contribution in [0.25, 0.3) is 15.9 Å². The molecule has 7 heteroatoms. The first kappa shape index (κ1) is 16.5. The first-order valence-electron chi connectivity index (χ1n) is 8.36. The Hall–Kier alpha value is -2.93. The number of aryl methyl sites for hydroxylation is 2. The van der Waals surface area contributed by atoms with E-state index in [1.807, 2.05) is 55.1 Å². The van der Waals surface area contributed by atoms with Gasteiger partial charge in [-0.25, -0.2) is 4.98 Å². The minimum absolute atomic E-state index is 0.0940. The standard InChI is InChI=1S/C19H18N4O2S/c1-12-14(13(2)25-22-12)7-9-20-18(24)17-16(23-10-3-4-11-23)15-6-5-8-21-19(15)26-17/h3-6,8,10-11H,7,9H2,1-2H3,(H,20,24). The second kappa shape index (κ2) is 6.76. The lowest BCUT2D eigenvalue weighted by molar-refractivity contribution is 0.0958. The van der Waals surface area contributed by atoms with E-state index in [1.165, 1.54) is 11.3 Å². The van der Waals surface area contributed by atoms with Crippen LogP contribution in [0.3, 0.4) is 0 Å². The number of hydrogen-bond acceptors (Lipinski definition) is 5. The van der Waals surface area contributed by atoms with Gasteiger partial charge in [0.1, 0.15) is 15.5 Å². The van der Waals surface area contributed by atoms with Crippen molar-refractivity contribution in [3.63, 3.8) is 0 Å². The van der Waals surface area contributed by atoms with Gasteiger partial charge in [-0.3, -0.25) is 4.79 Å². The van der Waals surface area contributed by atoms with Gasteiger partial charge in [-0.15, -0.1) is 11.3 Å². The van der Waals surface area contributed by atoms with Gasteiger partial charge in [-0.2, -0.15) is 0 Å². The molecule has 0 bridgehead atoms. The number of fused-ring (bicyclic) bond motifs is 1. The number of nitrogens with zero attached hydrogens (tertiary/aromatic N) is 3. The summed E-state index contributed by atoms with van der Waals surface area (Å²) in [4.78, 5) is 18.8. The van der Waals surface area contributed by atoms with Crippen LogP contribution in [0, 0.1) is 13.8 Å². The molecule has 26 heavy (non-hydrogen) atoms. The molecule has 0 aromatic carbocycles. The molecule has 1 N–H and O–H groups in total. The molecule has 0 fully saturated rings. The van der Waals surface area contributed by atoms with E-state index < -0.39 is 0 Å². The summed E-state index contributed by atoms with van der Waals surface area (Å²) in [5.41, 5.74) is 2.79. The fourth-order valence-corrected chi connectivity index (χ4v) is 4.11. The second-order valence-electron chi connectivity index (χ2n) is 6.03. The van der Waals surface area contributed by atoms with Crippen molar-refractivity contribution in [1.82, 2.24) is 20.0 Å². The number of rotatable bonds is 5. The molecule has 132 valence electrons. The summed E-state index contributed by atoms with van der Waals surface area (Å²) in [6.45, 7) is 4.32. The van der Waals surface area contributed by atoms with Gasteiger partial charge in [0, 0.05) is 36.1 Å². The Bertz CT molecular complexity index is 1040.